The first kappa shape index (κ1) is 31.3. The van der Waals surface area contributed by atoms with E-state index in [4.69, 9.17) is 27.9 Å². The van der Waals surface area contributed by atoms with Gasteiger partial charge in [-0.05, 0) is 72.9 Å². The fourth-order valence-corrected chi connectivity index (χ4v) is 4.97. The molecule has 0 spiro atoms. The molecular formula is C35H36Cl2N2O3. The van der Waals surface area contributed by atoms with E-state index in [9.17, 15) is 9.59 Å². The minimum atomic E-state index is -0.453. The standard InChI is InChI=1S/C22H27ClN2O2.C13H9ClO/c1-22(2,3)27-21(26)25-14-12-24(13-15-25)16-18-6-4-5-7-20(18)17-8-10-19(23)11-9-17;14-12-7-5-10(6-8-12)13-4-2-1-3-11(13)9-15/h4-11H,12-16H2,1-3H3;1-9H. The molecule has 5 rings (SSSR count). The summed E-state index contributed by atoms with van der Waals surface area (Å²) in [7, 11) is 0. The first-order valence-electron chi connectivity index (χ1n) is 14.0. The zero-order valence-electron chi connectivity index (χ0n) is 24.2. The van der Waals surface area contributed by atoms with Crippen LogP contribution in [0.15, 0.2) is 97.1 Å². The van der Waals surface area contributed by atoms with E-state index >= 15 is 0 Å². The van der Waals surface area contributed by atoms with Crippen LogP contribution < -0.4 is 0 Å². The SMILES string of the molecule is CC(C)(C)OC(=O)N1CCN(Cc2ccccc2-c2ccc(Cl)cc2)CC1.O=Cc1ccccc1-c1ccc(Cl)cc1. The molecule has 4 aromatic rings. The Kier molecular flexibility index (Phi) is 10.8. The minimum Gasteiger partial charge on any atom is -0.444 e. The number of rotatable bonds is 5. The molecule has 42 heavy (non-hydrogen) atoms. The summed E-state index contributed by atoms with van der Waals surface area (Å²) in [4.78, 5) is 27.2. The zero-order chi connectivity index (χ0) is 30.1. The molecular weight excluding hydrogens is 567 g/mol. The monoisotopic (exact) mass is 602 g/mol. The Hall–Kier alpha value is -3.64. The van der Waals surface area contributed by atoms with Crippen LogP contribution in [0.5, 0.6) is 0 Å². The summed E-state index contributed by atoms with van der Waals surface area (Å²) in [6.07, 6.45) is 0.646. The molecule has 0 radical (unpaired) electrons. The average Bonchev–Trinajstić information content (AvgIpc) is 2.98. The molecule has 0 N–H and O–H groups in total. The third-order valence-corrected chi connectivity index (χ3v) is 7.34. The maximum Gasteiger partial charge on any atom is 0.410 e. The van der Waals surface area contributed by atoms with E-state index in [1.54, 1.807) is 11.0 Å². The van der Waals surface area contributed by atoms with Gasteiger partial charge in [0.1, 0.15) is 5.60 Å². The van der Waals surface area contributed by atoms with Crippen LogP contribution in [0.1, 0.15) is 36.7 Å². The van der Waals surface area contributed by atoms with Crippen LogP contribution in [-0.2, 0) is 11.3 Å². The van der Waals surface area contributed by atoms with Crippen molar-refractivity contribution in [3.63, 3.8) is 0 Å². The summed E-state index contributed by atoms with van der Waals surface area (Å²) in [6, 6.07) is 31.4. The van der Waals surface area contributed by atoms with Crippen LogP contribution in [0.25, 0.3) is 22.3 Å². The average molecular weight is 604 g/mol. The Balaban J connectivity index is 0.000000227. The molecule has 0 atom stereocenters. The number of benzene rings is 4. The van der Waals surface area contributed by atoms with Gasteiger partial charge in [-0.3, -0.25) is 9.69 Å². The molecule has 1 aliphatic heterocycles. The Bertz CT molecular complexity index is 1470. The normalized spacial score (nSPS) is 13.6. The maximum absolute atomic E-state index is 12.2. The van der Waals surface area contributed by atoms with Crippen LogP contribution >= 0.6 is 23.2 Å². The van der Waals surface area contributed by atoms with Crippen molar-refractivity contribution < 1.29 is 14.3 Å². The number of hydrogen-bond acceptors (Lipinski definition) is 4. The molecule has 0 unspecified atom stereocenters. The van der Waals surface area contributed by atoms with E-state index in [0.717, 1.165) is 42.1 Å². The van der Waals surface area contributed by atoms with Crippen molar-refractivity contribution in [3.8, 4) is 22.3 Å². The van der Waals surface area contributed by atoms with Gasteiger partial charge in [0, 0.05) is 48.3 Å². The highest BCUT2D eigenvalue weighted by Crippen LogP contribution is 2.27. The van der Waals surface area contributed by atoms with Crippen molar-refractivity contribution in [2.24, 2.45) is 0 Å². The van der Waals surface area contributed by atoms with Gasteiger partial charge in [-0.2, -0.15) is 0 Å². The molecule has 1 fully saturated rings. The van der Waals surface area contributed by atoms with Crippen molar-refractivity contribution >= 4 is 35.6 Å². The molecule has 218 valence electrons. The second kappa shape index (κ2) is 14.5. The van der Waals surface area contributed by atoms with Gasteiger partial charge in [0.2, 0.25) is 0 Å². The van der Waals surface area contributed by atoms with Gasteiger partial charge in [-0.15, -0.1) is 0 Å². The Morgan fingerprint density at radius 1 is 0.738 bits per heavy atom. The molecule has 1 amide bonds. The zero-order valence-corrected chi connectivity index (χ0v) is 25.7. The van der Waals surface area contributed by atoms with Crippen LogP contribution in [0.4, 0.5) is 4.79 Å². The number of ether oxygens (including phenoxy) is 1. The number of halogens is 2. The Morgan fingerprint density at radius 3 is 1.79 bits per heavy atom. The minimum absolute atomic E-state index is 0.219. The largest absolute Gasteiger partial charge is 0.444 e. The molecule has 1 saturated heterocycles. The summed E-state index contributed by atoms with van der Waals surface area (Å²) in [5.41, 5.74) is 5.86. The lowest BCUT2D eigenvalue weighted by Crippen LogP contribution is -2.49. The number of hydrogen-bond donors (Lipinski definition) is 0. The lowest BCUT2D eigenvalue weighted by atomic mass is 9.99. The van der Waals surface area contributed by atoms with Gasteiger partial charge < -0.3 is 9.64 Å². The molecule has 0 saturated carbocycles. The quantitative estimate of drug-likeness (QED) is 0.214. The molecule has 5 nitrogen and oxygen atoms in total. The highest BCUT2D eigenvalue weighted by Gasteiger charge is 2.26. The van der Waals surface area contributed by atoms with Crippen LogP contribution in [0, 0.1) is 0 Å². The van der Waals surface area contributed by atoms with E-state index in [1.807, 2.05) is 75.4 Å². The number of carbonyl (C=O) groups excluding carboxylic acids is 2. The van der Waals surface area contributed by atoms with E-state index in [1.165, 1.54) is 16.7 Å². The summed E-state index contributed by atoms with van der Waals surface area (Å²) in [6.45, 7) is 9.62. The van der Waals surface area contributed by atoms with Gasteiger partial charge in [0.15, 0.2) is 6.29 Å². The highest BCUT2D eigenvalue weighted by molar-refractivity contribution is 6.30. The first-order chi connectivity index (χ1) is 20.1. The Labute approximate surface area is 258 Å². The predicted octanol–water partition coefficient (Wildman–Crippen LogP) is 8.88. The third-order valence-electron chi connectivity index (χ3n) is 6.83. The number of aldehydes is 1. The van der Waals surface area contributed by atoms with Crippen LogP contribution in [0.2, 0.25) is 10.0 Å². The number of carbonyl (C=O) groups is 2. The molecule has 1 aliphatic rings. The van der Waals surface area contributed by atoms with Gasteiger partial charge >= 0.3 is 6.09 Å². The predicted molar refractivity (Wildman–Crippen MR) is 172 cm³/mol. The molecule has 4 aromatic carbocycles. The number of piperazine rings is 1. The first-order valence-corrected chi connectivity index (χ1v) is 14.7. The van der Waals surface area contributed by atoms with Gasteiger partial charge in [0.05, 0.1) is 0 Å². The number of amides is 1. The van der Waals surface area contributed by atoms with Crippen molar-refractivity contribution in [1.29, 1.82) is 0 Å². The summed E-state index contributed by atoms with van der Waals surface area (Å²) in [5.74, 6) is 0. The lowest BCUT2D eigenvalue weighted by Gasteiger charge is -2.35. The lowest BCUT2D eigenvalue weighted by molar-refractivity contribution is 0.0139. The van der Waals surface area contributed by atoms with E-state index in [-0.39, 0.29) is 6.09 Å². The van der Waals surface area contributed by atoms with E-state index in [0.29, 0.717) is 23.7 Å². The molecule has 1 heterocycles. The summed E-state index contributed by atoms with van der Waals surface area (Å²) >= 11 is 11.8. The third kappa shape index (κ3) is 8.93. The van der Waals surface area contributed by atoms with Crippen molar-refractivity contribution in [2.75, 3.05) is 26.2 Å². The molecule has 0 aromatic heterocycles. The van der Waals surface area contributed by atoms with Gasteiger partial charge in [-0.1, -0.05) is 96.0 Å². The van der Waals surface area contributed by atoms with Crippen LogP contribution in [0.3, 0.4) is 0 Å². The van der Waals surface area contributed by atoms with E-state index < -0.39 is 5.60 Å². The van der Waals surface area contributed by atoms with Crippen molar-refractivity contribution in [2.45, 2.75) is 32.9 Å². The fraction of sp³-hybridized carbons (Fsp3) is 0.257. The smallest absolute Gasteiger partial charge is 0.410 e. The van der Waals surface area contributed by atoms with Gasteiger partial charge in [0.25, 0.3) is 0 Å². The second-order valence-electron chi connectivity index (χ2n) is 11.1. The summed E-state index contributed by atoms with van der Waals surface area (Å²) in [5, 5.41) is 1.44. The van der Waals surface area contributed by atoms with Crippen molar-refractivity contribution in [3.05, 3.63) is 118 Å². The molecule has 7 heteroatoms. The Morgan fingerprint density at radius 2 is 1.24 bits per heavy atom. The maximum atomic E-state index is 12.2. The van der Waals surface area contributed by atoms with E-state index in [2.05, 4.69) is 41.3 Å². The molecule has 0 bridgehead atoms. The second-order valence-corrected chi connectivity index (χ2v) is 12.0. The van der Waals surface area contributed by atoms with Gasteiger partial charge in [-0.25, -0.2) is 4.79 Å². The number of nitrogens with zero attached hydrogens (tertiary/aromatic N) is 2. The van der Waals surface area contributed by atoms with Crippen LogP contribution in [-0.4, -0.2) is 54.0 Å². The topological polar surface area (TPSA) is 49.9 Å². The fourth-order valence-electron chi connectivity index (χ4n) is 4.72. The summed E-state index contributed by atoms with van der Waals surface area (Å²) < 4.78 is 5.47. The van der Waals surface area contributed by atoms with Crippen molar-refractivity contribution in [1.82, 2.24) is 9.80 Å². The molecule has 0 aliphatic carbocycles. The highest BCUT2D eigenvalue weighted by atomic mass is 35.5.